The highest BCUT2D eigenvalue weighted by molar-refractivity contribution is 5.95. The predicted octanol–water partition coefficient (Wildman–Crippen LogP) is 1.86. The number of aryl methyl sites for hydroxylation is 1. The molecule has 0 N–H and O–H groups in total. The van der Waals surface area contributed by atoms with Gasteiger partial charge in [0.2, 0.25) is 0 Å². The summed E-state index contributed by atoms with van der Waals surface area (Å²) in [7, 11) is 1.55. The Labute approximate surface area is 130 Å². The van der Waals surface area contributed by atoms with Crippen molar-refractivity contribution in [2.24, 2.45) is 0 Å². The van der Waals surface area contributed by atoms with Gasteiger partial charge in [0.25, 0.3) is 5.91 Å². The standard InChI is InChI=1S/C14H16F3N5O/c1-20(8-12-18-4-6-21(12)9-14(15,16)17)13(23)10-7-19-22-5-2-3-11(10)22/h4,6-7H,2-3,5,8-9H2,1H3. The van der Waals surface area contributed by atoms with Gasteiger partial charge in [0.15, 0.2) is 0 Å². The van der Waals surface area contributed by atoms with Gasteiger partial charge in [-0.3, -0.25) is 9.48 Å². The fourth-order valence-corrected chi connectivity index (χ4v) is 2.76. The van der Waals surface area contributed by atoms with Crippen molar-refractivity contribution in [3.05, 3.63) is 35.7 Å². The van der Waals surface area contributed by atoms with Crippen molar-refractivity contribution in [1.29, 1.82) is 0 Å². The number of rotatable bonds is 4. The van der Waals surface area contributed by atoms with E-state index in [0.29, 0.717) is 5.56 Å². The average molecular weight is 327 g/mol. The molecular weight excluding hydrogens is 311 g/mol. The molecule has 0 radical (unpaired) electrons. The maximum absolute atomic E-state index is 12.5. The molecule has 124 valence electrons. The quantitative estimate of drug-likeness (QED) is 0.861. The van der Waals surface area contributed by atoms with Crippen LogP contribution in [0.3, 0.4) is 0 Å². The van der Waals surface area contributed by atoms with Gasteiger partial charge in [-0.1, -0.05) is 0 Å². The van der Waals surface area contributed by atoms with Crippen molar-refractivity contribution in [3.8, 4) is 0 Å². The Morgan fingerprint density at radius 1 is 1.43 bits per heavy atom. The van der Waals surface area contributed by atoms with Gasteiger partial charge in [-0.05, 0) is 12.8 Å². The van der Waals surface area contributed by atoms with Gasteiger partial charge in [0.1, 0.15) is 12.4 Å². The van der Waals surface area contributed by atoms with Crippen molar-refractivity contribution in [2.45, 2.75) is 38.7 Å². The lowest BCUT2D eigenvalue weighted by atomic mass is 10.2. The van der Waals surface area contributed by atoms with Crippen molar-refractivity contribution in [1.82, 2.24) is 24.2 Å². The van der Waals surface area contributed by atoms with Crippen molar-refractivity contribution < 1.29 is 18.0 Å². The monoisotopic (exact) mass is 327 g/mol. The Morgan fingerprint density at radius 2 is 2.22 bits per heavy atom. The predicted molar refractivity (Wildman–Crippen MR) is 74.6 cm³/mol. The van der Waals surface area contributed by atoms with Crippen LogP contribution in [0.2, 0.25) is 0 Å². The Morgan fingerprint density at radius 3 is 2.96 bits per heavy atom. The Bertz CT molecular complexity index is 718. The molecule has 3 heterocycles. The molecule has 1 aliphatic rings. The maximum atomic E-state index is 12.5. The van der Waals surface area contributed by atoms with Crippen LogP contribution in [0, 0.1) is 0 Å². The number of fused-ring (bicyclic) bond motifs is 1. The Hall–Kier alpha value is -2.32. The van der Waals surface area contributed by atoms with Crippen molar-refractivity contribution in [2.75, 3.05) is 7.05 Å². The van der Waals surface area contributed by atoms with E-state index in [2.05, 4.69) is 10.1 Å². The molecule has 0 saturated heterocycles. The second-order valence-electron chi connectivity index (χ2n) is 5.58. The summed E-state index contributed by atoms with van der Waals surface area (Å²) in [4.78, 5) is 17.8. The molecule has 23 heavy (non-hydrogen) atoms. The third-order valence-corrected chi connectivity index (χ3v) is 3.84. The zero-order valence-electron chi connectivity index (χ0n) is 12.5. The summed E-state index contributed by atoms with van der Waals surface area (Å²) in [5.74, 6) is -0.0586. The van der Waals surface area contributed by atoms with E-state index in [1.165, 1.54) is 23.5 Å². The van der Waals surface area contributed by atoms with Gasteiger partial charge in [0, 0.05) is 26.0 Å². The summed E-state index contributed by atoms with van der Waals surface area (Å²) in [6.45, 7) is -0.317. The van der Waals surface area contributed by atoms with Crippen LogP contribution in [0.15, 0.2) is 18.6 Å². The van der Waals surface area contributed by atoms with E-state index in [1.807, 2.05) is 0 Å². The zero-order valence-corrected chi connectivity index (χ0v) is 12.5. The molecule has 0 aromatic carbocycles. The first kappa shape index (κ1) is 15.6. The fourth-order valence-electron chi connectivity index (χ4n) is 2.76. The van der Waals surface area contributed by atoms with Crippen LogP contribution < -0.4 is 0 Å². The van der Waals surface area contributed by atoms with Gasteiger partial charge in [-0.25, -0.2) is 4.98 Å². The molecule has 1 aliphatic heterocycles. The normalized spacial score (nSPS) is 14.1. The first-order chi connectivity index (χ1) is 10.8. The molecule has 3 rings (SSSR count). The molecule has 0 aliphatic carbocycles. The van der Waals surface area contributed by atoms with Crippen LogP contribution in [0.25, 0.3) is 0 Å². The third kappa shape index (κ3) is 3.22. The van der Waals surface area contributed by atoms with E-state index in [0.717, 1.165) is 29.6 Å². The number of carbonyl (C=O) groups is 1. The Balaban J connectivity index is 1.73. The summed E-state index contributed by atoms with van der Waals surface area (Å²) in [6, 6.07) is 0. The SMILES string of the molecule is CN(Cc1nccn1CC(F)(F)F)C(=O)c1cnn2c1CCC2. The summed E-state index contributed by atoms with van der Waals surface area (Å²) in [6.07, 6.45) is 1.50. The summed E-state index contributed by atoms with van der Waals surface area (Å²) in [5, 5.41) is 4.16. The molecule has 1 amide bonds. The lowest BCUT2D eigenvalue weighted by Crippen LogP contribution is -2.29. The number of carbonyl (C=O) groups excluding carboxylic acids is 1. The van der Waals surface area contributed by atoms with Gasteiger partial charge in [-0.2, -0.15) is 18.3 Å². The third-order valence-electron chi connectivity index (χ3n) is 3.84. The fraction of sp³-hybridized carbons (Fsp3) is 0.500. The summed E-state index contributed by atoms with van der Waals surface area (Å²) >= 11 is 0. The molecule has 6 nitrogen and oxygen atoms in total. The first-order valence-electron chi connectivity index (χ1n) is 7.22. The molecule has 0 spiro atoms. The van der Waals surface area contributed by atoms with E-state index in [-0.39, 0.29) is 18.3 Å². The van der Waals surface area contributed by atoms with E-state index in [1.54, 1.807) is 11.7 Å². The number of halogens is 3. The number of nitrogens with zero attached hydrogens (tertiary/aromatic N) is 5. The Kier molecular flexibility index (Phi) is 3.87. The van der Waals surface area contributed by atoms with E-state index >= 15 is 0 Å². The summed E-state index contributed by atoms with van der Waals surface area (Å²) in [5.41, 5.74) is 1.40. The second kappa shape index (κ2) is 5.71. The van der Waals surface area contributed by atoms with Crippen LogP contribution in [0.4, 0.5) is 13.2 Å². The van der Waals surface area contributed by atoms with Crippen molar-refractivity contribution >= 4 is 5.91 Å². The second-order valence-corrected chi connectivity index (χ2v) is 5.58. The molecule has 9 heteroatoms. The van der Waals surface area contributed by atoms with Crippen LogP contribution in [0.1, 0.15) is 28.3 Å². The zero-order chi connectivity index (χ0) is 16.6. The smallest absolute Gasteiger partial charge is 0.334 e. The lowest BCUT2D eigenvalue weighted by molar-refractivity contribution is -0.141. The highest BCUT2D eigenvalue weighted by atomic mass is 19.4. The molecule has 0 saturated carbocycles. The number of aromatic nitrogens is 4. The minimum Gasteiger partial charge on any atom is -0.334 e. The van der Waals surface area contributed by atoms with Crippen LogP contribution in [0.5, 0.6) is 0 Å². The number of imidazole rings is 1. The van der Waals surface area contributed by atoms with Crippen molar-refractivity contribution in [3.63, 3.8) is 0 Å². The lowest BCUT2D eigenvalue weighted by Gasteiger charge is -2.18. The van der Waals surface area contributed by atoms with Gasteiger partial charge >= 0.3 is 6.18 Å². The number of alkyl halides is 3. The number of hydrogen-bond donors (Lipinski definition) is 0. The van der Waals surface area contributed by atoms with Crippen LogP contribution in [-0.2, 0) is 26.1 Å². The largest absolute Gasteiger partial charge is 0.406 e. The van der Waals surface area contributed by atoms with E-state index in [9.17, 15) is 18.0 Å². The van der Waals surface area contributed by atoms with E-state index in [4.69, 9.17) is 0 Å². The maximum Gasteiger partial charge on any atom is 0.406 e. The molecule has 2 aromatic rings. The van der Waals surface area contributed by atoms with Gasteiger partial charge in [-0.15, -0.1) is 0 Å². The van der Waals surface area contributed by atoms with Gasteiger partial charge in [0.05, 0.1) is 24.0 Å². The van der Waals surface area contributed by atoms with Gasteiger partial charge < -0.3 is 9.47 Å². The highest BCUT2D eigenvalue weighted by Crippen LogP contribution is 2.21. The molecule has 0 bridgehead atoms. The van der Waals surface area contributed by atoms with E-state index < -0.39 is 12.7 Å². The van der Waals surface area contributed by atoms with Crippen LogP contribution in [-0.4, -0.2) is 43.4 Å². The average Bonchev–Trinajstić information content (AvgIpc) is 3.13. The highest BCUT2D eigenvalue weighted by Gasteiger charge is 2.29. The minimum atomic E-state index is -4.33. The minimum absolute atomic E-state index is 0.00648. The molecule has 0 atom stereocenters. The van der Waals surface area contributed by atoms with Crippen LogP contribution >= 0.6 is 0 Å². The number of amides is 1. The molecule has 2 aromatic heterocycles. The molecular formula is C14H16F3N5O. The summed E-state index contributed by atoms with van der Waals surface area (Å²) < 4.78 is 40.4. The first-order valence-corrected chi connectivity index (χ1v) is 7.22. The topological polar surface area (TPSA) is 56.0 Å². The molecule has 0 unspecified atom stereocenters. The number of hydrogen-bond acceptors (Lipinski definition) is 3. The molecule has 0 fully saturated rings.